The van der Waals surface area contributed by atoms with Crippen LogP contribution in [0, 0.1) is 16.0 Å². The molecule has 3 atom stereocenters. The molecule has 1 heterocycles. The smallest absolute Gasteiger partial charge is 0.269 e. The highest BCUT2D eigenvalue weighted by Crippen LogP contribution is 2.50. The topological polar surface area (TPSA) is 96.6 Å². The molecule has 3 aromatic carbocycles. The molecule has 1 aliphatic carbocycles. The lowest BCUT2D eigenvalue weighted by Crippen LogP contribution is -2.29. The predicted octanol–water partition coefficient (Wildman–Crippen LogP) is 6.85. The minimum atomic E-state index is -0.427. The van der Waals surface area contributed by atoms with E-state index in [0.717, 1.165) is 39.5 Å². The highest BCUT2D eigenvalue weighted by Gasteiger charge is 2.38. The molecule has 3 aromatic rings. The van der Waals surface area contributed by atoms with Crippen molar-refractivity contribution in [2.24, 2.45) is 11.0 Å². The van der Waals surface area contributed by atoms with Crippen molar-refractivity contribution in [3.8, 4) is 0 Å². The Kier molecular flexibility index (Phi) is 7.81. The summed E-state index contributed by atoms with van der Waals surface area (Å²) in [5.74, 6) is 1.28. The molecule has 2 aliphatic rings. The summed E-state index contributed by atoms with van der Waals surface area (Å²) in [7, 11) is 0. The minimum Gasteiger partial charge on any atom is -0.378 e. The van der Waals surface area contributed by atoms with Gasteiger partial charge in [-0.1, -0.05) is 60.2 Å². The fourth-order valence-electron chi connectivity index (χ4n) is 5.07. The number of hydrogen-bond acceptors (Lipinski definition) is 6. The number of nitrogens with zero attached hydrogens (tertiary/aromatic N) is 2. The summed E-state index contributed by atoms with van der Waals surface area (Å²) in [5, 5.41) is 19.6. The van der Waals surface area contributed by atoms with E-state index in [1.54, 1.807) is 12.1 Å². The Morgan fingerprint density at radius 2 is 1.95 bits per heavy atom. The number of carbonyl (C=O) groups is 1. The number of allylic oxidation sites excluding steroid dienone is 2. The maximum Gasteiger partial charge on any atom is 0.269 e. The molecule has 7 nitrogen and oxygen atoms in total. The maximum absolute atomic E-state index is 12.3. The normalized spacial score (nSPS) is 19.8. The molecule has 0 aromatic heterocycles. The maximum atomic E-state index is 12.3. The number of hydrogen-bond donors (Lipinski definition) is 2. The standard InChI is InChI=1S/C29H27ClN4O3S/c1-18(32-33-28(35)17-38-16-19-9-12-21(13-10-19)34(36)37)20-11-14-27-25(15-20)22-6-4-7-23(22)29(31-27)24-5-2-3-8-26(24)30/h2-6,8-15,22-23,29,31H,7,16-17H2,1H3,(H,33,35)/b32-18-/t22-,23+,29-/m1/s1. The number of thioether (sulfide) groups is 1. The van der Waals surface area contributed by atoms with Gasteiger partial charge in [-0.2, -0.15) is 5.10 Å². The number of benzene rings is 3. The van der Waals surface area contributed by atoms with Crippen LogP contribution in [0.5, 0.6) is 0 Å². The van der Waals surface area contributed by atoms with Gasteiger partial charge in [-0.25, -0.2) is 5.43 Å². The molecule has 1 amide bonds. The van der Waals surface area contributed by atoms with Crippen molar-refractivity contribution in [2.75, 3.05) is 11.1 Å². The van der Waals surface area contributed by atoms with Crippen LogP contribution in [0.3, 0.4) is 0 Å². The zero-order chi connectivity index (χ0) is 26.6. The first kappa shape index (κ1) is 26.0. The summed E-state index contributed by atoms with van der Waals surface area (Å²) in [6.07, 6.45) is 5.52. The third kappa shape index (κ3) is 5.61. The second-order valence-electron chi connectivity index (χ2n) is 9.45. The van der Waals surface area contributed by atoms with Gasteiger partial charge >= 0.3 is 0 Å². The number of fused-ring (bicyclic) bond motifs is 3. The third-order valence-electron chi connectivity index (χ3n) is 7.02. The molecule has 2 N–H and O–H groups in total. The summed E-state index contributed by atoms with van der Waals surface area (Å²) in [5.41, 5.74) is 8.75. The van der Waals surface area contributed by atoms with Crippen LogP contribution in [-0.2, 0) is 10.5 Å². The average Bonchev–Trinajstić information content (AvgIpc) is 3.42. The van der Waals surface area contributed by atoms with Gasteiger partial charge in [0.2, 0.25) is 5.91 Å². The highest BCUT2D eigenvalue weighted by atomic mass is 35.5. The van der Waals surface area contributed by atoms with Gasteiger partial charge in [0.25, 0.3) is 5.69 Å². The molecule has 5 rings (SSSR count). The molecule has 0 saturated heterocycles. The van der Waals surface area contributed by atoms with E-state index in [1.807, 2.05) is 31.2 Å². The van der Waals surface area contributed by atoms with E-state index < -0.39 is 4.92 Å². The van der Waals surface area contributed by atoms with Crippen molar-refractivity contribution in [2.45, 2.75) is 31.1 Å². The van der Waals surface area contributed by atoms with Crippen molar-refractivity contribution in [1.29, 1.82) is 0 Å². The number of carbonyl (C=O) groups excluding carboxylic acids is 1. The van der Waals surface area contributed by atoms with Gasteiger partial charge in [0.05, 0.1) is 22.4 Å². The Labute approximate surface area is 230 Å². The lowest BCUT2D eigenvalue weighted by Gasteiger charge is -2.38. The monoisotopic (exact) mass is 546 g/mol. The SMILES string of the molecule is C/C(=N/NC(=O)CSCc1ccc([N+](=O)[O-])cc1)c1ccc2c(c1)[C@@H]1C=CC[C@@H]1[C@H](c1ccccc1Cl)N2. The fraction of sp³-hybridized carbons (Fsp3) is 0.241. The van der Waals surface area contributed by atoms with E-state index in [2.05, 4.69) is 46.2 Å². The van der Waals surface area contributed by atoms with Gasteiger partial charge in [0.15, 0.2) is 0 Å². The first-order valence-electron chi connectivity index (χ1n) is 12.4. The van der Waals surface area contributed by atoms with Gasteiger partial charge in [-0.05, 0) is 59.7 Å². The van der Waals surface area contributed by atoms with Crippen LogP contribution in [0.15, 0.2) is 84.0 Å². The van der Waals surface area contributed by atoms with Gasteiger partial charge in [-0.15, -0.1) is 11.8 Å². The first-order valence-corrected chi connectivity index (χ1v) is 13.9. The largest absolute Gasteiger partial charge is 0.378 e. The number of nitrogens with one attached hydrogen (secondary N) is 2. The van der Waals surface area contributed by atoms with Crippen molar-refractivity contribution in [3.05, 3.63) is 116 Å². The van der Waals surface area contributed by atoms with Crippen LogP contribution in [0.25, 0.3) is 0 Å². The van der Waals surface area contributed by atoms with E-state index in [-0.39, 0.29) is 29.3 Å². The quantitative estimate of drug-likeness (QED) is 0.139. The van der Waals surface area contributed by atoms with Crippen molar-refractivity contribution in [1.82, 2.24) is 5.43 Å². The molecule has 0 spiro atoms. The number of rotatable bonds is 8. The molecular weight excluding hydrogens is 520 g/mol. The first-order chi connectivity index (χ1) is 18.4. The van der Waals surface area contributed by atoms with Gasteiger partial charge in [-0.3, -0.25) is 14.9 Å². The summed E-state index contributed by atoms with van der Waals surface area (Å²) in [6, 6.07) is 20.8. The third-order valence-corrected chi connectivity index (χ3v) is 8.37. The molecule has 1 aliphatic heterocycles. The molecule has 0 saturated carbocycles. The summed E-state index contributed by atoms with van der Waals surface area (Å²) < 4.78 is 0. The van der Waals surface area contributed by atoms with Crippen LogP contribution >= 0.6 is 23.4 Å². The number of non-ortho nitro benzene ring substituents is 1. The second kappa shape index (κ2) is 11.4. The zero-order valence-corrected chi connectivity index (χ0v) is 22.3. The van der Waals surface area contributed by atoms with Crippen LogP contribution < -0.4 is 10.7 Å². The molecule has 0 unspecified atom stereocenters. The Morgan fingerprint density at radius 3 is 2.71 bits per heavy atom. The zero-order valence-electron chi connectivity index (χ0n) is 20.8. The van der Waals surface area contributed by atoms with Crippen molar-refractivity contribution in [3.63, 3.8) is 0 Å². The summed E-state index contributed by atoms with van der Waals surface area (Å²) in [4.78, 5) is 22.7. The number of nitro groups is 1. The lowest BCUT2D eigenvalue weighted by molar-refractivity contribution is -0.384. The average molecular weight is 547 g/mol. The Bertz CT molecular complexity index is 1420. The Morgan fingerprint density at radius 1 is 1.16 bits per heavy atom. The predicted molar refractivity (Wildman–Crippen MR) is 154 cm³/mol. The molecule has 0 radical (unpaired) electrons. The highest BCUT2D eigenvalue weighted by molar-refractivity contribution is 7.99. The number of nitro benzene ring substituents is 1. The fourth-order valence-corrected chi connectivity index (χ4v) is 6.11. The van der Waals surface area contributed by atoms with E-state index in [0.29, 0.717) is 11.7 Å². The Hall–Kier alpha value is -3.62. The molecule has 0 bridgehead atoms. The number of anilines is 1. The van der Waals surface area contributed by atoms with Crippen LogP contribution in [0.2, 0.25) is 5.02 Å². The van der Waals surface area contributed by atoms with Gasteiger partial charge in [0, 0.05) is 34.5 Å². The summed E-state index contributed by atoms with van der Waals surface area (Å²) in [6.45, 7) is 1.89. The molecule has 0 fully saturated rings. The second-order valence-corrected chi connectivity index (χ2v) is 10.8. The van der Waals surface area contributed by atoms with Gasteiger partial charge < -0.3 is 5.32 Å². The molecule has 194 valence electrons. The van der Waals surface area contributed by atoms with Gasteiger partial charge in [0.1, 0.15) is 0 Å². The van der Waals surface area contributed by atoms with Crippen LogP contribution in [0.1, 0.15) is 47.6 Å². The molecule has 38 heavy (non-hydrogen) atoms. The van der Waals surface area contributed by atoms with E-state index >= 15 is 0 Å². The van der Waals surface area contributed by atoms with Crippen molar-refractivity contribution < 1.29 is 9.72 Å². The van der Waals surface area contributed by atoms with E-state index in [9.17, 15) is 14.9 Å². The molecule has 9 heteroatoms. The molecular formula is C29H27ClN4O3S. The lowest BCUT2D eigenvalue weighted by atomic mass is 9.76. The number of hydrazone groups is 1. The number of halogens is 1. The Balaban J connectivity index is 1.21. The van der Waals surface area contributed by atoms with Crippen LogP contribution in [0.4, 0.5) is 11.4 Å². The van der Waals surface area contributed by atoms with E-state index in [1.165, 1.54) is 29.5 Å². The summed E-state index contributed by atoms with van der Waals surface area (Å²) >= 11 is 7.97. The van der Waals surface area contributed by atoms with Crippen LogP contribution in [-0.4, -0.2) is 22.3 Å². The van der Waals surface area contributed by atoms with Crippen molar-refractivity contribution >= 4 is 46.4 Å². The van der Waals surface area contributed by atoms with E-state index in [4.69, 9.17) is 11.6 Å². The minimum absolute atomic E-state index is 0.0548. The number of amides is 1.